The van der Waals surface area contributed by atoms with Crippen LogP contribution in [0.25, 0.3) is 0 Å². The Labute approximate surface area is 122 Å². The average Bonchev–Trinajstić information content (AvgIpc) is 2.97. The predicted octanol–water partition coefficient (Wildman–Crippen LogP) is 5.66. The monoisotopic (exact) mass is 264 g/mol. The minimum atomic E-state index is 0.184. The van der Waals surface area contributed by atoms with Crippen molar-refractivity contribution in [3.05, 3.63) is 58.7 Å². The van der Waals surface area contributed by atoms with Crippen molar-refractivity contribution in [2.24, 2.45) is 10.8 Å². The summed E-state index contributed by atoms with van der Waals surface area (Å²) in [6, 6.07) is 0. The van der Waals surface area contributed by atoms with Gasteiger partial charge in [-0.3, -0.25) is 0 Å². The Balaban J connectivity index is 1.93. The van der Waals surface area contributed by atoms with Gasteiger partial charge >= 0.3 is 0 Å². The second-order valence-corrected chi connectivity index (χ2v) is 7.42. The van der Waals surface area contributed by atoms with E-state index in [4.69, 9.17) is 0 Å². The average molecular weight is 264 g/mol. The fourth-order valence-corrected chi connectivity index (χ4v) is 4.53. The van der Waals surface area contributed by atoms with Crippen molar-refractivity contribution in [2.75, 3.05) is 0 Å². The lowest BCUT2D eigenvalue weighted by Gasteiger charge is -2.30. The third kappa shape index (κ3) is 1.60. The van der Waals surface area contributed by atoms with Crippen LogP contribution in [-0.2, 0) is 0 Å². The Morgan fingerprint density at radius 2 is 1.60 bits per heavy atom. The van der Waals surface area contributed by atoms with Crippen LogP contribution in [0.1, 0.15) is 52.4 Å². The molecule has 0 radical (unpaired) electrons. The highest BCUT2D eigenvalue weighted by Gasteiger charge is 2.47. The zero-order valence-electron chi connectivity index (χ0n) is 12.7. The van der Waals surface area contributed by atoms with Crippen LogP contribution in [-0.4, -0.2) is 0 Å². The van der Waals surface area contributed by atoms with Crippen LogP contribution in [0.3, 0.4) is 0 Å². The minimum absolute atomic E-state index is 0.184. The van der Waals surface area contributed by atoms with Crippen LogP contribution in [0.4, 0.5) is 0 Å². The number of rotatable bonds is 0. The lowest BCUT2D eigenvalue weighted by atomic mass is 9.73. The summed E-state index contributed by atoms with van der Waals surface area (Å²) in [5, 5.41) is 0. The molecule has 0 amide bonds. The smallest absolute Gasteiger partial charge is 0.0211 e. The van der Waals surface area contributed by atoms with E-state index in [9.17, 15) is 0 Å². The van der Waals surface area contributed by atoms with E-state index in [0.717, 1.165) is 0 Å². The first-order chi connectivity index (χ1) is 9.62. The van der Waals surface area contributed by atoms with Gasteiger partial charge in [-0.1, -0.05) is 63.1 Å². The van der Waals surface area contributed by atoms with E-state index in [1.54, 1.807) is 16.7 Å². The number of allylic oxidation sites excluding steroid dienone is 10. The molecule has 1 spiro atoms. The van der Waals surface area contributed by atoms with Crippen molar-refractivity contribution in [2.45, 2.75) is 52.4 Å². The number of hydrogen-bond acceptors (Lipinski definition) is 0. The van der Waals surface area contributed by atoms with E-state index in [2.05, 4.69) is 50.3 Å². The van der Waals surface area contributed by atoms with Gasteiger partial charge in [-0.05, 0) is 48.0 Å². The first-order valence-corrected chi connectivity index (χ1v) is 8.17. The molecular weight excluding hydrogens is 240 g/mol. The molecule has 0 aliphatic heterocycles. The summed E-state index contributed by atoms with van der Waals surface area (Å²) in [5.74, 6) is 0. The Hall–Kier alpha value is -1.30. The third-order valence-electron chi connectivity index (χ3n) is 5.58. The molecule has 4 rings (SSSR count). The second kappa shape index (κ2) is 4.10. The molecule has 20 heavy (non-hydrogen) atoms. The van der Waals surface area contributed by atoms with Crippen molar-refractivity contribution in [1.82, 2.24) is 0 Å². The molecule has 0 aromatic heterocycles. The van der Waals surface area contributed by atoms with Gasteiger partial charge in [0, 0.05) is 10.8 Å². The van der Waals surface area contributed by atoms with E-state index in [1.165, 1.54) is 44.1 Å². The molecule has 4 aliphatic carbocycles. The second-order valence-electron chi connectivity index (χ2n) is 7.42. The van der Waals surface area contributed by atoms with Crippen LogP contribution in [0.15, 0.2) is 58.7 Å². The van der Waals surface area contributed by atoms with Gasteiger partial charge in [0.15, 0.2) is 0 Å². The maximum absolute atomic E-state index is 2.54. The third-order valence-corrected chi connectivity index (χ3v) is 5.58. The zero-order valence-corrected chi connectivity index (χ0v) is 12.7. The molecule has 0 saturated heterocycles. The molecule has 0 atom stereocenters. The molecule has 0 unspecified atom stereocenters. The molecule has 104 valence electrons. The van der Waals surface area contributed by atoms with Crippen molar-refractivity contribution < 1.29 is 0 Å². The summed E-state index contributed by atoms with van der Waals surface area (Å²) in [6.45, 7) is 4.60. The summed E-state index contributed by atoms with van der Waals surface area (Å²) < 4.78 is 0. The summed E-state index contributed by atoms with van der Waals surface area (Å²) >= 11 is 0. The fourth-order valence-electron chi connectivity index (χ4n) is 4.53. The molecule has 0 aromatic carbocycles. The van der Waals surface area contributed by atoms with E-state index < -0.39 is 0 Å². The van der Waals surface area contributed by atoms with E-state index >= 15 is 0 Å². The quantitative estimate of drug-likeness (QED) is 0.530. The van der Waals surface area contributed by atoms with Crippen LogP contribution in [0, 0.1) is 10.8 Å². The highest BCUT2D eigenvalue weighted by atomic mass is 14.5. The first-order valence-electron chi connectivity index (χ1n) is 8.17. The first kappa shape index (κ1) is 12.4. The maximum atomic E-state index is 2.54. The van der Waals surface area contributed by atoms with Crippen LogP contribution in [0.2, 0.25) is 0 Å². The van der Waals surface area contributed by atoms with Gasteiger partial charge in [-0.2, -0.15) is 0 Å². The van der Waals surface area contributed by atoms with Gasteiger partial charge < -0.3 is 0 Å². The zero-order chi connectivity index (χ0) is 13.8. The van der Waals surface area contributed by atoms with Gasteiger partial charge in [-0.15, -0.1) is 0 Å². The summed E-state index contributed by atoms with van der Waals surface area (Å²) in [4.78, 5) is 0. The SMILES string of the molecule is CC1(C)C=CC2=C(C=C1)C1(CCCC1)C1=CCCC=C12. The van der Waals surface area contributed by atoms with E-state index in [0.29, 0.717) is 5.41 Å². The Morgan fingerprint density at radius 3 is 2.40 bits per heavy atom. The summed E-state index contributed by atoms with van der Waals surface area (Å²) in [5.41, 5.74) is 6.93. The number of hydrogen-bond donors (Lipinski definition) is 0. The van der Waals surface area contributed by atoms with Crippen molar-refractivity contribution >= 4 is 0 Å². The standard InChI is InChI=1S/C20H24/c1-19(2)13-9-16-15-7-3-4-8-17(15)20(11-5-6-12-20)18(16)10-14-19/h7-10,13-14H,3-6,11-12H2,1-2H3. The molecule has 1 fully saturated rings. The Kier molecular flexibility index (Phi) is 2.55. The Bertz CT molecular complexity index is 596. The van der Waals surface area contributed by atoms with Crippen LogP contribution in [0.5, 0.6) is 0 Å². The minimum Gasteiger partial charge on any atom is -0.0795 e. The normalized spacial score (nSPS) is 29.1. The molecular formula is C20H24. The molecule has 0 N–H and O–H groups in total. The van der Waals surface area contributed by atoms with Crippen molar-refractivity contribution in [3.63, 3.8) is 0 Å². The van der Waals surface area contributed by atoms with Crippen molar-refractivity contribution in [3.8, 4) is 0 Å². The lowest BCUT2D eigenvalue weighted by molar-refractivity contribution is 0.472. The molecule has 0 heteroatoms. The summed E-state index contributed by atoms with van der Waals surface area (Å²) in [6.07, 6.45) is 22.6. The largest absolute Gasteiger partial charge is 0.0795 e. The van der Waals surface area contributed by atoms with Crippen LogP contribution < -0.4 is 0 Å². The van der Waals surface area contributed by atoms with E-state index in [1.807, 2.05) is 0 Å². The fraction of sp³-hybridized carbons (Fsp3) is 0.500. The molecule has 0 heterocycles. The molecule has 0 aromatic rings. The van der Waals surface area contributed by atoms with Gasteiger partial charge in [0.2, 0.25) is 0 Å². The molecule has 4 aliphatic rings. The molecule has 1 saturated carbocycles. The van der Waals surface area contributed by atoms with E-state index in [-0.39, 0.29) is 5.41 Å². The lowest BCUT2D eigenvalue weighted by Crippen LogP contribution is -2.18. The summed E-state index contributed by atoms with van der Waals surface area (Å²) in [7, 11) is 0. The van der Waals surface area contributed by atoms with Crippen molar-refractivity contribution in [1.29, 1.82) is 0 Å². The van der Waals surface area contributed by atoms with Crippen LogP contribution >= 0.6 is 0 Å². The molecule has 0 nitrogen and oxygen atoms in total. The predicted molar refractivity (Wildman–Crippen MR) is 85.4 cm³/mol. The topological polar surface area (TPSA) is 0 Å². The van der Waals surface area contributed by atoms with Gasteiger partial charge in [0.25, 0.3) is 0 Å². The van der Waals surface area contributed by atoms with Gasteiger partial charge in [0.1, 0.15) is 0 Å². The highest BCUT2D eigenvalue weighted by molar-refractivity contribution is 5.70. The molecule has 0 bridgehead atoms. The van der Waals surface area contributed by atoms with Gasteiger partial charge in [0.05, 0.1) is 0 Å². The van der Waals surface area contributed by atoms with Gasteiger partial charge in [-0.25, -0.2) is 0 Å². The number of fused-ring (bicyclic) bond motifs is 4. The Morgan fingerprint density at radius 1 is 0.900 bits per heavy atom. The maximum Gasteiger partial charge on any atom is 0.0211 e. The highest BCUT2D eigenvalue weighted by Crippen LogP contribution is 2.61.